The van der Waals surface area contributed by atoms with Crippen LogP contribution in [0.25, 0.3) is 0 Å². The Morgan fingerprint density at radius 1 is 1.31 bits per heavy atom. The van der Waals surface area contributed by atoms with Crippen LogP contribution in [0.4, 0.5) is 0 Å². The molecule has 2 nitrogen and oxygen atoms in total. The zero-order chi connectivity index (χ0) is 11.4. The summed E-state index contributed by atoms with van der Waals surface area (Å²) < 4.78 is 0. The van der Waals surface area contributed by atoms with Crippen LogP contribution < -0.4 is 0 Å². The summed E-state index contributed by atoms with van der Waals surface area (Å²) in [6.07, 6.45) is 4.13. The monoisotopic (exact) mass is 233 g/mol. The predicted octanol–water partition coefficient (Wildman–Crippen LogP) is 2.95. The number of thioether (sulfide) groups is 1. The van der Waals surface area contributed by atoms with Crippen LogP contribution in [0.2, 0.25) is 0 Å². The molecule has 1 aliphatic carbocycles. The lowest BCUT2D eigenvalue weighted by atomic mass is 9.97. The van der Waals surface area contributed by atoms with E-state index in [-0.39, 0.29) is 6.10 Å². The molecule has 1 aliphatic rings. The van der Waals surface area contributed by atoms with Gasteiger partial charge in [-0.05, 0) is 31.0 Å². The van der Waals surface area contributed by atoms with E-state index in [2.05, 4.69) is 6.07 Å². The average molecular weight is 233 g/mol. The minimum absolute atomic E-state index is 0.190. The van der Waals surface area contributed by atoms with Gasteiger partial charge >= 0.3 is 0 Å². The smallest absolute Gasteiger partial charge is 0.0992 e. The van der Waals surface area contributed by atoms with Crippen LogP contribution in [0.15, 0.2) is 29.2 Å². The summed E-state index contributed by atoms with van der Waals surface area (Å²) in [7, 11) is 0. The van der Waals surface area contributed by atoms with E-state index in [9.17, 15) is 5.11 Å². The van der Waals surface area contributed by atoms with Crippen LogP contribution >= 0.6 is 11.8 Å². The molecule has 16 heavy (non-hydrogen) atoms. The van der Waals surface area contributed by atoms with Gasteiger partial charge in [0.15, 0.2) is 0 Å². The summed E-state index contributed by atoms with van der Waals surface area (Å²) in [5.41, 5.74) is 0.690. The largest absolute Gasteiger partial charge is 0.392 e. The average Bonchev–Trinajstić information content (AvgIpc) is 2.32. The van der Waals surface area contributed by atoms with E-state index in [4.69, 9.17) is 5.26 Å². The van der Waals surface area contributed by atoms with Crippen molar-refractivity contribution in [2.24, 2.45) is 0 Å². The molecule has 0 aliphatic heterocycles. The number of rotatable bonds is 2. The number of hydrogen-bond acceptors (Lipinski definition) is 3. The zero-order valence-corrected chi connectivity index (χ0v) is 9.91. The van der Waals surface area contributed by atoms with Crippen molar-refractivity contribution in [2.45, 2.75) is 41.9 Å². The van der Waals surface area contributed by atoms with Crippen molar-refractivity contribution in [3.63, 3.8) is 0 Å². The Bertz CT molecular complexity index is 399. The van der Waals surface area contributed by atoms with Gasteiger partial charge in [-0.1, -0.05) is 18.9 Å². The molecule has 1 aromatic rings. The highest BCUT2D eigenvalue weighted by atomic mass is 32.2. The zero-order valence-electron chi connectivity index (χ0n) is 9.10. The van der Waals surface area contributed by atoms with Gasteiger partial charge in [0.05, 0.1) is 17.7 Å². The molecule has 0 heterocycles. The third-order valence-electron chi connectivity index (χ3n) is 2.92. The van der Waals surface area contributed by atoms with Gasteiger partial charge in [0, 0.05) is 10.1 Å². The fraction of sp³-hybridized carbons (Fsp3) is 0.462. The van der Waals surface area contributed by atoms with E-state index < -0.39 is 0 Å². The lowest BCUT2D eigenvalue weighted by molar-refractivity contribution is 0.137. The second kappa shape index (κ2) is 5.38. The minimum atomic E-state index is -0.190. The SMILES string of the molecule is N#Cc1cccc(SC2CCCCC2O)c1. The maximum Gasteiger partial charge on any atom is 0.0992 e. The van der Waals surface area contributed by atoms with Gasteiger partial charge in [-0.25, -0.2) is 0 Å². The standard InChI is InChI=1S/C13H15NOS/c14-9-10-4-3-5-11(8-10)16-13-7-2-1-6-12(13)15/h3-5,8,12-13,15H,1-2,6-7H2. The van der Waals surface area contributed by atoms with E-state index >= 15 is 0 Å². The van der Waals surface area contributed by atoms with Crippen LogP contribution in [0, 0.1) is 11.3 Å². The highest BCUT2D eigenvalue weighted by Gasteiger charge is 2.23. The number of nitriles is 1. The molecule has 0 spiro atoms. The first-order valence-corrected chi connectivity index (χ1v) is 6.52. The summed E-state index contributed by atoms with van der Waals surface area (Å²) in [6.45, 7) is 0. The van der Waals surface area contributed by atoms with Crippen LogP contribution in [0.5, 0.6) is 0 Å². The molecule has 0 bridgehead atoms. The molecular weight excluding hydrogens is 218 g/mol. The van der Waals surface area contributed by atoms with Gasteiger partial charge in [-0.2, -0.15) is 5.26 Å². The van der Waals surface area contributed by atoms with Crippen molar-refractivity contribution in [1.29, 1.82) is 5.26 Å². The summed E-state index contributed by atoms with van der Waals surface area (Å²) >= 11 is 1.70. The van der Waals surface area contributed by atoms with E-state index in [0.717, 1.165) is 24.2 Å². The Morgan fingerprint density at radius 3 is 2.88 bits per heavy atom. The summed E-state index contributed by atoms with van der Waals surface area (Å²) in [5.74, 6) is 0. The lowest BCUT2D eigenvalue weighted by Gasteiger charge is -2.26. The molecule has 2 unspecified atom stereocenters. The first-order chi connectivity index (χ1) is 7.79. The van der Waals surface area contributed by atoms with E-state index in [1.807, 2.05) is 18.2 Å². The van der Waals surface area contributed by atoms with Crippen LogP contribution in [0.1, 0.15) is 31.2 Å². The van der Waals surface area contributed by atoms with E-state index in [0.29, 0.717) is 10.8 Å². The quantitative estimate of drug-likeness (QED) is 0.854. The molecule has 84 valence electrons. The second-order valence-corrected chi connectivity index (χ2v) is 5.46. The molecule has 3 heteroatoms. The molecular formula is C13H15NOS. The molecule has 1 fully saturated rings. The maximum absolute atomic E-state index is 9.87. The van der Waals surface area contributed by atoms with Gasteiger partial charge in [0.2, 0.25) is 0 Å². The summed E-state index contributed by atoms with van der Waals surface area (Å²) in [6, 6.07) is 9.75. The lowest BCUT2D eigenvalue weighted by Crippen LogP contribution is -2.26. The number of nitrogens with zero attached hydrogens (tertiary/aromatic N) is 1. The Morgan fingerprint density at radius 2 is 2.12 bits per heavy atom. The molecule has 0 saturated heterocycles. The topological polar surface area (TPSA) is 44.0 Å². The summed E-state index contributed by atoms with van der Waals surface area (Å²) in [5, 5.41) is 19.0. The van der Waals surface area contributed by atoms with Gasteiger partial charge in [0.25, 0.3) is 0 Å². The van der Waals surface area contributed by atoms with Crippen LogP contribution in [0.3, 0.4) is 0 Å². The fourth-order valence-corrected chi connectivity index (χ4v) is 3.31. The number of benzene rings is 1. The minimum Gasteiger partial charge on any atom is -0.392 e. The highest BCUT2D eigenvalue weighted by Crippen LogP contribution is 2.33. The van der Waals surface area contributed by atoms with Gasteiger partial charge in [-0.15, -0.1) is 11.8 Å². The van der Waals surface area contributed by atoms with Gasteiger partial charge in [0.1, 0.15) is 0 Å². The molecule has 1 N–H and O–H groups in total. The Labute approximate surface area is 100 Å². The van der Waals surface area contributed by atoms with Crippen LogP contribution in [-0.2, 0) is 0 Å². The van der Waals surface area contributed by atoms with Crippen molar-refractivity contribution < 1.29 is 5.11 Å². The Balaban J connectivity index is 2.05. The second-order valence-electron chi connectivity index (χ2n) is 4.15. The third kappa shape index (κ3) is 2.78. The molecule has 1 saturated carbocycles. The van der Waals surface area contributed by atoms with Gasteiger partial charge in [-0.3, -0.25) is 0 Å². The fourth-order valence-electron chi connectivity index (χ4n) is 2.03. The molecule has 2 atom stereocenters. The van der Waals surface area contributed by atoms with Crippen molar-refractivity contribution in [2.75, 3.05) is 0 Å². The predicted molar refractivity (Wildman–Crippen MR) is 65.3 cm³/mol. The molecule has 2 rings (SSSR count). The highest BCUT2D eigenvalue weighted by molar-refractivity contribution is 8.00. The third-order valence-corrected chi connectivity index (χ3v) is 4.30. The first-order valence-electron chi connectivity index (χ1n) is 5.64. The van der Waals surface area contributed by atoms with Crippen LogP contribution in [-0.4, -0.2) is 16.5 Å². The van der Waals surface area contributed by atoms with Crippen molar-refractivity contribution in [3.8, 4) is 6.07 Å². The number of hydrogen-bond donors (Lipinski definition) is 1. The summed E-state index contributed by atoms with van der Waals surface area (Å²) in [4.78, 5) is 1.09. The molecule has 0 radical (unpaired) electrons. The van der Waals surface area contributed by atoms with E-state index in [1.165, 1.54) is 6.42 Å². The van der Waals surface area contributed by atoms with Crippen molar-refractivity contribution >= 4 is 11.8 Å². The number of aliphatic hydroxyl groups is 1. The Hall–Kier alpha value is -0.980. The molecule has 0 amide bonds. The van der Waals surface area contributed by atoms with Gasteiger partial charge < -0.3 is 5.11 Å². The van der Waals surface area contributed by atoms with E-state index in [1.54, 1.807) is 17.8 Å². The number of aliphatic hydroxyl groups excluding tert-OH is 1. The Kier molecular flexibility index (Phi) is 3.87. The maximum atomic E-state index is 9.87. The van der Waals surface area contributed by atoms with Crippen molar-refractivity contribution in [1.82, 2.24) is 0 Å². The first kappa shape index (κ1) is 11.5. The molecule has 1 aromatic carbocycles. The van der Waals surface area contributed by atoms with Crippen molar-refractivity contribution in [3.05, 3.63) is 29.8 Å². The molecule has 0 aromatic heterocycles. The normalized spacial score (nSPS) is 25.0.